The highest BCUT2D eigenvalue weighted by Gasteiger charge is 2.32. The highest BCUT2D eigenvalue weighted by molar-refractivity contribution is 4.87. The third kappa shape index (κ3) is 4.00. The molecule has 0 bridgehead atoms. The van der Waals surface area contributed by atoms with Crippen molar-refractivity contribution in [3.63, 3.8) is 0 Å². The molecule has 0 aliphatic heterocycles. The molecule has 1 fully saturated rings. The molecule has 0 aromatic heterocycles. The average Bonchev–Trinajstić information content (AvgIpc) is 2.47. The van der Waals surface area contributed by atoms with E-state index in [0.29, 0.717) is 11.5 Å². The molecule has 2 unspecified atom stereocenters. The zero-order valence-electron chi connectivity index (χ0n) is 10.0. The number of nitrogens with two attached hydrogens (primary N) is 1. The average molecular weight is 197 g/mol. The highest BCUT2D eigenvalue weighted by atomic mass is 14.7. The van der Waals surface area contributed by atoms with E-state index in [1.54, 1.807) is 0 Å². The Morgan fingerprint density at radius 2 is 1.93 bits per heavy atom. The summed E-state index contributed by atoms with van der Waals surface area (Å²) in [5.74, 6) is 0. The Kier molecular flexibility index (Phi) is 4.94. The minimum Gasteiger partial charge on any atom is -0.328 e. The molecule has 1 aliphatic rings. The number of rotatable bonds is 6. The van der Waals surface area contributed by atoms with Crippen molar-refractivity contribution in [3.05, 3.63) is 0 Å². The molecule has 0 amide bonds. The van der Waals surface area contributed by atoms with Crippen molar-refractivity contribution >= 4 is 0 Å². The Bertz CT molecular complexity index is 155. The molecule has 0 aromatic carbocycles. The molecule has 14 heavy (non-hydrogen) atoms. The van der Waals surface area contributed by atoms with Crippen LogP contribution in [-0.4, -0.2) is 6.04 Å². The molecule has 1 rings (SSSR count). The second kappa shape index (κ2) is 5.75. The monoisotopic (exact) mass is 197 g/mol. The fourth-order valence-corrected chi connectivity index (χ4v) is 2.75. The lowest BCUT2D eigenvalue weighted by molar-refractivity contribution is 0.290. The van der Waals surface area contributed by atoms with Gasteiger partial charge in [-0.2, -0.15) is 0 Å². The molecule has 0 heterocycles. The van der Waals surface area contributed by atoms with Crippen molar-refractivity contribution in [3.8, 4) is 0 Å². The topological polar surface area (TPSA) is 26.0 Å². The van der Waals surface area contributed by atoms with Gasteiger partial charge in [0.05, 0.1) is 0 Å². The van der Waals surface area contributed by atoms with E-state index in [-0.39, 0.29) is 0 Å². The van der Waals surface area contributed by atoms with Crippen LogP contribution in [0, 0.1) is 5.41 Å². The fourth-order valence-electron chi connectivity index (χ4n) is 2.75. The lowest BCUT2D eigenvalue weighted by atomic mass is 9.83. The summed E-state index contributed by atoms with van der Waals surface area (Å²) in [6, 6.07) is 0.496. The van der Waals surface area contributed by atoms with Crippen LogP contribution in [0.4, 0.5) is 0 Å². The van der Waals surface area contributed by atoms with Crippen LogP contribution in [0.3, 0.4) is 0 Å². The summed E-state index contributed by atoms with van der Waals surface area (Å²) in [5.41, 5.74) is 6.55. The van der Waals surface area contributed by atoms with E-state index in [1.807, 2.05) is 0 Å². The van der Waals surface area contributed by atoms with Crippen LogP contribution in [0.1, 0.15) is 71.6 Å². The smallest absolute Gasteiger partial charge is 0.00442 e. The van der Waals surface area contributed by atoms with Crippen LogP contribution in [0.5, 0.6) is 0 Å². The quantitative estimate of drug-likeness (QED) is 0.643. The van der Waals surface area contributed by atoms with E-state index in [9.17, 15) is 0 Å². The molecule has 0 radical (unpaired) electrons. The summed E-state index contributed by atoms with van der Waals surface area (Å²) in [6.45, 7) is 4.71. The molecule has 0 aromatic rings. The highest BCUT2D eigenvalue weighted by Crippen LogP contribution is 2.41. The Morgan fingerprint density at radius 1 is 1.21 bits per heavy atom. The summed E-state index contributed by atoms with van der Waals surface area (Å²) < 4.78 is 0. The SMILES string of the molecule is CCCCCCCC1(C)CCC(N)C1. The number of unbranched alkanes of at least 4 members (excludes halogenated alkanes) is 4. The van der Waals surface area contributed by atoms with Crippen molar-refractivity contribution in [2.45, 2.75) is 77.7 Å². The van der Waals surface area contributed by atoms with Gasteiger partial charge in [0.2, 0.25) is 0 Å². The van der Waals surface area contributed by atoms with Gasteiger partial charge in [-0.1, -0.05) is 46.0 Å². The van der Waals surface area contributed by atoms with E-state index < -0.39 is 0 Å². The molecule has 2 N–H and O–H groups in total. The van der Waals surface area contributed by atoms with Gasteiger partial charge in [-0.15, -0.1) is 0 Å². The summed E-state index contributed by atoms with van der Waals surface area (Å²) in [4.78, 5) is 0. The van der Waals surface area contributed by atoms with Crippen LogP contribution in [0.2, 0.25) is 0 Å². The summed E-state index contributed by atoms with van der Waals surface area (Å²) in [5, 5.41) is 0. The Hall–Kier alpha value is -0.0400. The zero-order chi connectivity index (χ0) is 10.4. The molecular formula is C13H27N. The molecule has 1 saturated carbocycles. The van der Waals surface area contributed by atoms with Crippen molar-refractivity contribution < 1.29 is 0 Å². The van der Waals surface area contributed by atoms with Crippen LogP contribution in [0.25, 0.3) is 0 Å². The van der Waals surface area contributed by atoms with Crippen LogP contribution in [0.15, 0.2) is 0 Å². The lowest BCUT2D eigenvalue weighted by Crippen LogP contribution is -2.19. The summed E-state index contributed by atoms with van der Waals surface area (Å²) in [6.07, 6.45) is 12.3. The van der Waals surface area contributed by atoms with Crippen molar-refractivity contribution in [2.75, 3.05) is 0 Å². The van der Waals surface area contributed by atoms with Crippen LogP contribution >= 0.6 is 0 Å². The molecule has 0 saturated heterocycles. The first-order valence-electron chi connectivity index (χ1n) is 6.42. The first kappa shape index (κ1) is 12.0. The molecule has 1 aliphatic carbocycles. The van der Waals surface area contributed by atoms with E-state index in [2.05, 4.69) is 13.8 Å². The first-order valence-corrected chi connectivity index (χ1v) is 6.42. The molecule has 1 nitrogen and oxygen atoms in total. The predicted molar refractivity (Wildman–Crippen MR) is 63.3 cm³/mol. The van der Waals surface area contributed by atoms with Gasteiger partial charge in [-0.05, 0) is 31.1 Å². The first-order chi connectivity index (χ1) is 6.66. The maximum atomic E-state index is 5.96. The third-order valence-corrected chi connectivity index (χ3v) is 3.76. The van der Waals surface area contributed by atoms with Crippen LogP contribution < -0.4 is 5.73 Å². The fraction of sp³-hybridized carbons (Fsp3) is 1.00. The summed E-state index contributed by atoms with van der Waals surface area (Å²) >= 11 is 0. The van der Waals surface area contributed by atoms with Gasteiger partial charge in [-0.25, -0.2) is 0 Å². The maximum Gasteiger partial charge on any atom is 0.00442 e. The van der Waals surface area contributed by atoms with E-state index in [1.165, 1.54) is 57.8 Å². The van der Waals surface area contributed by atoms with Gasteiger partial charge in [-0.3, -0.25) is 0 Å². The Labute approximate surface area is 89.5 Å². The van der Waals surface area contributed by atoms with Gasteiger partial charge < -0.3 is 5.73 Å². The van der Waals surface area contributed by atoms with Gasteiger partial charge in [0.1, 0.15) is 0 Å². The van der Waals surface area contributed by atoms with E-state index in [0.717, 1.165) is 0 Å². The molecule has 1 heteroatoms. The predicted octanol–water partition coefficient (Wildman–Crippen LogP) is 3.86. The molecule has 0 spiro atoms. The molecular weight excluding hydrogens is 170 g/mol. The van der Waals surface area contributed by atoms with Crippen molar-refractivity contribution in [1.29, 1.82) is 0 Å². The zero-order valence-corrected chi connectivity index (χ0v) is 10.0. The van der Waals surface area contributed by atoms with Crippen molar-refractivity contribution in [2.24, 2.45) is 11.1 Å². The van der Waals surface area contributed by atoms with E-state index >= 15 is 0 Å². The van der Waals surface area contributed by atoms with Gasteiger partial charge in [0.25, 0.3) is 0 Å². The van der Waals surface area contributed by atoms with Gasteiger partial charge in [0, 0.05) is 6.04 Å². The van der Waals surface area contributed by atoms with E-state index in [4.69, 9.17) is 5.73 Å². The minimum absolute atomic E-state index is 0.496. The molecule has 2 atom stereocenters. The van der Waals surface area contributed by atoms with Crippen LogP contribution in [-0.2, 0) is 0 Å². The maximum absolute atomic E-state index is 5.96. The molecule has 84 valence electrons. The van der Waals surface area contributed by atoms with Crippen molar-refractivity contribution in [1.82, 2.24) is 0 Å². The Balaban J connectivity index is 2.05. The number of hydrogen-bond acceptors (Lipinski definition) is 1. The second-order valence-corrected chi connectivity index (χ2v) is 5.48. The largest absolute Gasteiger partial charge is 0.328 e. The number of hydrogen-bond donors (Lipinski definition) is 1. The van der Waals surface area contributed by atoms with Gasteiger partial charge >= 0.3 is 0 Å². The Morgan fingerprint density at radius 3 is 2.50 bits per heavy atom. The normalized spacial score (nSPS) is 32.4. The minimum atomic E-state index is 0.496. The lowest BCUT2D eigenvalue weighted by Gasteiger charge is -2.23. The summed E-state index contributed by atoms with van der Waals surface area (Å²) in [7, 11) is 0. The second-order valence-electron chi connectivity index (χ2n) is 5.48. The van der Waals surface area contributed by atoms with Gasteiger partial charge in [0.15, 0.2) is 0 Å². The standard InChI is InChI=1S/C13H27N/c1-3-4-5-6-7-9-13(2)10-8-12(14)11-13/h12H,3-11,14H2,1-2H3. The third-order valence-electron chi connectivity index (χ3n) is 3.76.